The zero-order chi connectivity index (χ0) is 18.3. The number of benzene rings is 1. The van der Waals surface area contributed by atoms with Crippen molar-refractivity contribution >= 4 is 11.9 Å². The third kappa shape index (κ3) is 2.57. The average molecular weight is 355 g/mol. The Kier molecular flexibility index (Phi) is 4.35. The monoisotopic (exact) mass is 355 g/mol. The van der Waals surface area contributed by atoms with Crippen molar-refractivity contribution in [2.45, 2.75) is 44.4 Å². The molecule has 3 heterocycles. The maximum Gasteiger partial charge on any atom is 0.312 e. The van der Waals surface area contributed by atoms with Crippen LogP contribution in [0.1, 0.15) is 38.3 Å². The molecule has 1 amide bonds. The van der Waals surface area contributed by atoms with E-state index in [1.807, 2.05) is 54.3 Å². The van der Waals surface area contributed by atoms with Crippen LogP contribution in [0, 0.1) is 11.8 Å². The summed E-state index contributed by atoms with van der Waals surface area (Å²) >= 11 is 0. The molecule has 0 N–H and O–H groups in total. The number of fused-ring (bicyclic) bond motifs is 1. The quantitative estimate of drug-likeness (QED) is 0.447. The predicted octanol–water partition coefficient (Wildman–Crippen LogP) is 2.87. The molecule has 3 aliphatic heterocycles. The third-order valence-corrected chi connectivity index (χ3v) is 5.89. The molecule has 0 unspecified atom stereocenters. The second-order valence-corrected chi connectivity index (χ2v) is 7.47. The van der Waals surface area contributed by atoms with E-state index in [-0.39, 0.29) is 24.0 Å². The highest BCUT2D eigenvalue weighted by Crippen LogP contribution is 2.53. The predicted molar refractivity (Wildman–Crippen MR) is 96.2 cm³/mol. The number of carbonyl (C=O) groups is 2. The van der Waals surface area contributed by atoms with E-state index in [2.05, 4.69) is 6.92 Å². The first kappa shape index (κ1) is 17.3. The topological polar surface area (TPSA) is 55.8 Å². The lowest BCUT2D eigenvalue weighted by Crippen LogP contribution is -2.40. The smallest absolute Gasteiger partial charge is 0.312 e. The van der Waals surface area contributed by atoms with E-state index in [4.69, 9.17) is 9.47 Å². The third-order valence-electron chi connectivity index (χ3n) is 5.89. The van der Waals surface area contributed by atoms with E-state index < -0.39 is 17.4 Å². The summed E-state index contributed by atoms with van der Waals surface area (Å²) in [6.07, 6.45) is 5.36. The van der Waals surface area contributed by atoms with Crippen molar-refractivity contribution in [3.05, 3.63) is 48.0 Å². The number of hydrogen-bond acceptors (Lipinski definition) is 4. The fourth-order valence-corrected chi connectivity index (χ4v) is 4.45. The lowest BCUT2D eigenvalue weighted by molar-refractivity contribution is -0.154. The van der Waals surface area contributed by atoms with E-state index in [0.29, 0.717) is 13.2 Å². The maximum atomic E-state index is 13.2. The number of ether oxygens (including phenoxy) is 2. The first-order chi connectivity index (χ1) is 12.6. The van der Waals surface area contributed by atoms with Gasteiger partial charge in [-0.25, -0.2) is 0 Å². The van der Waals surface area contributed by atoms with Gasteiger partial charge in [0.15, 0.2) is 0 Å². The van der Waals surface area contributed by atoms with Crippen molar-refractivity contribution in [1.29, 1.82) is 0 Å². The zero-order valence-electron chi connectivity index (χ0n) is 15.3. The van der Waals surface area contributed by atoms with Gasteiger partial charge in [0, 0.05) is 0 Å². The average Bonchev–Trinajstić information content (AvgIpc) is 3.30. The Morgan fingerprint density at radius 3 is 2.88 bits per heavy atom. The van der Waals surface area contributed by atoms with Crippen LogP contribution in [0.15, 0.2) is 42.5 Å². The summed E-state index contributed by atoms with van der Waals surface area (Å²) in [7, 11) is 0. The first-order valence-electron chi connectivity index (χ1n) is 9.46. The molecule has 3 aliphatic rings. The van der Waals surface area contributed by atoms with Gasteiger partial charge in [0.2, 0.25) is 5.91 Å². The summed E-state index contributed by atoms with van der Waals surface area (Å²) in [6.45, 7) is 4.96. The lowest BCUT2D eigenvalue weighted by Gasteiger charge is -2.27. The molecule has 2 fully saturated rings. The van der Waals surface area contributed by atoms with Gasteiger partial charge in [-0.1, -0.05) is 55.8 Å². The van der Waals surface area contributed by atoms with Crippen molar-refractivity contribution in [2.75, 3.05) is 13.2 Å². The summed E-state index contributed by atoms with van der Waals surface area (Å²) in [5, 5.41) is 0. The molecule has 0 radical (unpaired) electrons. The summed E-state index contributed by atoms with van der Waals surface area (Å²) in [4.78, 5) is 27.7. The van der Waals surface area contributed by atoms with Crippen LogP contribution in [-0.2, 0) is 19.1 Å². The minimum atomic E-state index is -0.681. The fraction of sp³-hybridized carbons (Fsp3) is 0.524. The number of likely N-dealkylation sites (tertiary alicyclic amines) is 1. The van der Waals surface area contributed by atoms with Gasteiger partial charge in [0.1, 0.15) is 11.5 Å². The molecule has 5 nitrogen and oxygen atoms in total. The summed E-state index contributed by atoms with van der Waals surface area (Å²) in [5.74, 6) is -1.32. The fourth-order valence-electron chi connectivity index (χ4n) is 4.45. The molecule has 138 valence electrons. The maximum absolute atomic E-state index is 13.2. The molecule has 5 atom stereocenters. The van der Waals surface area contributed by atoms with Gasteiger partial charge in [-0.2, -0.15) is 0 Å². The summed E-state index contributed by atoms with van der Waals surface area (Å²) in [5.41, 5.74) is 0.400. The summed E-state index contributed by atoms with van der Waals surface area (Å²) < 4.78 is 11.6. The first-order valence-corrected chi connectivity index (χ1v) is 9.46. The van der Waals surface area contributed by atoms with Gasteiger partial charge in [-0.3, -0.25) is 9.59 Å². The van der Waals surface area contributed by atoms with Gasteiger partial charge in [0.25, 0.3) is 0 Å². The number of amides is 1. The Balaban J connectivity index is 1.56. The Morgan fingerprint density at radius 1 is 1.38 bits per heavy atom. The molecule has 0 aliphatic carbocycles. The van der Waals surface area contributed by atoms with Crippen LogP contribution in [0.5, 0.6) is 0 Å². The lowest BCUT2D eigenvalue weighted by atomic mass is 9.77. The minimum absolute atomic E-state index is 0.00866. The molecule has 5 heteroatoms. The highest BCUT2D eigenvalue weighted by molar-refractivity contribution is 5.91. The van der Waals surface area contributed by atoms with Gasteiger partial charge >= 0.3 is 5.97 Å². The van der Waals surface area contributed by atoms with E-state index in [9.17, 15) is 9.59 Å². The SMILES string of the molecule is CCCCOC(=O)[C@H]1[C@H]2C(=O)N([C@@H](C)c3ccccc3)C[C@@]23C=C[C@H]1O3. The van der Waals surface area contributed by atoms with E-state index in [0.717, 1.165) is 18.4 Å². The van der Waals surface area contributed by atoms with Gasteiger partial charge < -0.3 is 14.4 Å². The van der Waals surface area contributed by atoms with Crippen LogP contribution in [0.2, 0.25) is 0 Å². The molecule has 1 spiro atoms. The second-order valence-electron chi connectivity index (χ2n) is 7.47. The van der Waals surface area contributed by atoms with Gasteiger partial charge in [-0.15, -0.1) is 0 Å². The molecule has 0 aromatic heterocycles. The number of hydrogen-bond donors (Lipinski definition) is 0. The van der Waals surface area contributed by atoms with Crippen molar-refractivity contribution < 1.29 is 19.1 Å². The zero-order valence-corrected chi connectivity index (χ0v) is 15.3. The molecule has 2 saturated heterocycles. The van der Waals surface area contributed by atoms with E-state index in [1.54, 1.807) is 0 Å². The van der Waals surface area contributed by atoms with Crippen molar-refractivity contribution in [3.63, 3.8) is 0 Å². The van der Waals surface area contributed by atoms with Gasteiger partial charge in [0.05, 0.1) is 31.2 Å². The Morgan fingerprint density at radius 2 is 2.15 bits per heavy atom. The molecule has 2 bridgehead atoms. The van der Waals surface area contributed by atoms with Crippen molar-refractivity contribution in [2.24, 2.45) is 11.8 Å². The van der Waals surface area contributed by atoms with Crippen molar-refractivity contribution in [1.82, 2.24) is 4.90 Å². The molecule has 1 aromatic rings. The molecule has 1 aromatic carbocycles. The molecular formula is C21H25NO4. The number of carbonyl (C=O) groups excluding carboxylic acids is 2. The molecule has 26 heavy (non-hydrogen) atoms. The van der Waals surface area contributed by atoms with Crippen LogP contribution in [0.25, 0.3) is 0 Å². The van der Waals surface area contributed by atoms with E-state index >= 15 is 0 Å². The Labute approximate surface area is 154 Å². The molecule has 4 rings (SSSR count). The van der Waals surface area contributed by atoms with Crippen LogP contribution in [0.3, 0.4) is 0 Å². The number of unbranched alkanes of at least 4 members (excludes halogenated alkanes) is 1. The van der Waals surface area contributed by atoms with Crippen LogP contribution in [0.4, 0.5) is 0 Å². The number of esters is 1. The van der Waals surface area contributed by atoms with Crippen LogP contribution in [-0.4, -0.2) is 41.6 Å². The summed E-state index contributed by atoms with van der Waals surface area (Å²) in [6, 6.07) is 9.90. The largest absolute Gasteiger partial charge is 0.465 e. The molecular weight excluding hydrogens is 330 g/mol. The number of rotatable bonds is 6. The van der Waals surface area contributed by atoms with E-state index in [1.165, 1.54) is 0 Å². The van der Waals surface area contributed by atoms with Crippen LogP contribution >= 0.6 is 0 Å². The normalized spacial score (nSPS) is 32.8. The molecule has 0 saturated carbocycles. The Bertz CT molecular complexity index is 731. The van der Waals surface area contributed by atoms with Crippen LogP contribution < -0.4 is 0 Å². The highest BCUT2D eigenvalue weighted by Gasteiger charge is 2.67. The number of nitrogens with zero attached hydrogens (tertiary/aromatic N) is 1. The highest BCUT2D eigenvalue weighted by atomic mass is 16.6. The standard InChI is InChI=1S/C21H25NO4/c1-3-4-12-25-20(24)17-16-10-11-21(26-16)13-22(19(23)18(17)21)14(2)15-8-6-5-7-9-15/h5-11,14,16-18H,3-4,12-13H2,1-2H3/t14-,16+,17+,18-,21-/m0/s1. The van der Waals surface area contributed by atoms with Gasteiger partial charge in [-0.05, 0) is 18.9 Å². The minimum Gasteiger partial charge on any atom is -0.465 e. The van der Waals surface area contributed by atoms with Crippen molar-refractivity contribution in [3.8, 4) is 0 Å². The second kappa shape index (κ2) is 6.54. The Hall–Kier alpha value is -2.14.